The fourth-order valence-electron chi connectivity index (χ4n) is 1.11. The Morgan fingerprint density at radius 1 is 1.36 bits per heavy atom. The van der Waals surface area contributed by atoms with Crippen LogP contribution in [-0.4, -0.2) is 19.7 Å². The van der Waals surface area contributed by atoms with E-state index in [9.17, 15) is 0 Å². The molecule has 2 heterocycles. The Morgan fingerprint density at radius 2 is 2.21 bits per heavy atom. The van der Waals surface area contributed by atoms with Crippen LogP contribution in [0.25, 0.3) is 0 Å². The van der Waals surface area contributed by atoms with Crippen LogP contribution in [0.5, 0.6) is 0 Å². The third-order valence-corrected chi connectivity index (χ3v) is 1.75. The Bertz CT molecular complexity index is 434. The Labute approximate surface area is 81.8 Å². The number of hydrogen-bond acceptors (Lipinski definition) is 4. The van der Waals surface area contributed by atoms with Gasteiger partial charge in [-0.3, -0.25) is 4.68 Å². The Kier molecular flexibility index (Phi) is 2.14. The molecule has 0 aliphatic heterocycles. The van der Waals surface area contributed by atoms with Gasteiger partial charge < -0.3 is 5.32 Å². The summed E-state index contributed by atoms with van der Waals surface area (Å²) >= 11 is 0. The molecule has 0 unspecified atom stereocenters. The fraction of sp³-hybridized carbons (Fsp3) is 0.222. The Balaban J connectivity index is 2.18. The highest BCUT2D eigenvalue weighted by molar-refractivity contribution is 5.46. The summed E-state index contributed by atoms with van der Waals surface area (Å²) in [6, 6.07) is 3.72. The van der Waals surface area contributed by atoms with Crippen LogP contribution in [0.3, 0.4) is 0 Å². The summed E-state index contributed by atoms with van der Waals surface area (Å²) < 4.78 is 1.72. The van der Waals surface area contributed by atoms with Crippen LogP contribution in [-0.2, 0) is 7.05 Å². The first-order chi connectivity index (χ1) is 6.74. The molecule has 0 spiro atoms. The van der Waals surface area contributed by atoms with Gasteiger partial charge in [-0.25, -0.2) is 9.97 Å². The van der Waals surface area contributed by atoms with Crippen molar-refractivity contribution < 1.29 is 0 Å². The number of nitrogens with zero attached hydrogens (tertiary/aromatic N) is 4. The fourth-order valence-corrected chi connectivity index (χ4v) is 1.11. The number of aromatic nitrogens is 4. The SMILES string of the molecule is Cc1ccnc(Nc2ccn(C)n2)n1. The summed E-state index contributed by atoms with van der Waals surface area (Å²) in [5.74, 6) is 1.32. The van der Waals surface area contributed by atoms with E-state index in [1.807, 2.05) is 32.3 Å². The molecule has 1 N–H and O–H groups in total. The predicted molar refractivity (Wildman–Crippen MR) is 53.3 cm³/mol. The van der Waals surface area contributed by atoms with Gasteiger partial charge in [-0.1, -0.05) is 0 Å². The smallest absolute Gasteiger partial charge is 0.228 e. The Morgan fingerprint density at radius 3 is 2.86 bits per heavy atom. The molecule has 2 rings (SSSR count). The van der Waals surface area contributed by atoms with Crippen LogP contribution in [0, 0.1) is 6.92 Å². The second kappa shape index (κ2) is 3.45. The zero-order valence-electron chi connectivity index (χ0n) is 8.10. The second-order valence-electron chi connectivity index (χ2n) is 3.02. The number of nitrogens with one attached hydrogen (secondary N) is 1. The van der Waals surface area contributed by atoms with Crippen molar-refractivity contribution in [3.05, 3.63) is 30.2 Å². The molecular weight excluding hydrogens is 178 g/mol. The lowest BCUT2D eigenvalue weighted by atomic mass is 10.5. The second-order valence-corrected chi connectivity index (χ2v) is 3.02. The number of aryl methyl sites for hydroxylation is 2. The van der Waals surface area contributed by atoms with Gasteiger partial charge in [0.2, 0.25) is 5.95 Å². The van der Waals surface area contributed by atoms with Gasteiger partial charge in [-0.15, -0.1) is 0 Å². The topological polar surface area (TPSA) is 55.6 Å². The molecule has 72 valence electrons. The lowest BCUT2D eigenvalue weighted by molar-refractivity contribution is 0.770. The molecule has 0 radical (unpaired) electrons. The van der Waals surface area contributed by atoms with E-state index in [2.05, 4.69) is 20.4 Å². The normalized spacial score (nSPS) is 10.1. The van der Waals surface area contributed by atoms with E-state index >= 15 is 0 Å². The monoisotopic (exact) mass is 189 g/mol. The molecule has 2 aromatic heterocycles. The molecule has 0 aliphatic carbocycles. The molecule has 0 amide bonds. The minimum absolute atomic E-state index is 0.573. The molecule has 5 nitrogen and oxygen atoms in total. The lowest BCUT2D eigenvalue weighted by Crippen LogP contribution is -1.98. The first-order valence-electron chi connectivity index (χ1n) is 4.30. The van der Waals surface area contributed by atoms with Crippen molar-refractivity contribution in [2.24, 2.45) is 7.05 Å². The first-order valence-corrected chi connectivity index (χ1v) is 4.30. The number of hydrogen-bond donors (Lipinski definition) is 1. The van der Waals surface area contributed by atoms with Crippen molar-refractivity contribution in [1.29, 1.82) is 0 Å². The molecule has 0 aliphatic rings. The van der Waals surface area contributed by atoms with Crippen LogP contribution >= 0.6 is 0 Å². The van der Waals surface area contributed by atoms with Gasteiger partial charge in [-0.05, 0) is 13.0 Å². The number of anilines is 2. The molecular formula is C9H11N5. The zero-order valence-corrected chi connectivity index (χ0v) is 8.10. The van der Waals surface area contributed by atoms with Crippen LogP contribution < -0.4 is 5.32 Å². The Hall–Kier alpha value is -1.91. The molecule has 2 aromatic rings. The summed E-state index contributed by atoms with van der Waals surface area (Å²) in [4.78, 5) is 8.28. The summed E-state index contributed by atoms with van der Waals surface area (Å²) in [6.07, 6.45) is 3.58. The molecule has 0 aromatic carbocycles. The summed E-state index contributed by atoms with van der Waals surface area (Å²) in [5, 5.41) is 7.17. The molecule has 0 bridgehead atoms. The van der Waals surface area contributed by atoms with E-state index in [1.54, 1.807) is 10.9 Å². The van der Waals surface area contributed by atoms with Crippen LogP contribution in [0.4, 0.5) is 11.8 Å². The standard InChI is InChI=1S/C9H11N5/c1-7-3-5-10-9(11-7)12-8-4-6-14(2)13-8/h3-6H,1-2H3,(H,10,11,12,13). The van der Waals surface area contributed by atoms with E-state index in [0.717, 1.165) is 11.5 Å². The van der Waals surface area contributed by atoms with Crippen molar-refractivity contribution in [1.82, 2.24) is 19.7 Å². The third-order valence-electron chi connectivity index (χ3n) is 1.75. The van der Waals surface area contributed by atoms with E-state index in [-0.39, 0.29) is 0 Å². The highest BCUT2D eigenvalue weighted by Crippen LogP contribution is 2.08. The predicted octanol–water partition coefficient (Wildman–Crippen LogP) is 1.26. The van der Waals surface area contributed by atoms with Gasteiger partial charge in [0.25, 0.3) is 0 Å². The van der Waals surface area contributed by atoms with Crippen molar-refractivity contribution in [2.75, 3.05) is 5.32 Å². The van der Waals surface area contributed by atoms with Crippen molar-refractivity contribution in [2.45, 2.75) is 6.92 Å². The maximum Gasteiger partial charge on any atom is 0.228 e. The number of rotatable bonds is 2. The van der Waals surface area contributed by atoms with Crippen molar-refractivity contribution >= 4 is 11.8 Å². The van der Waals surface area contributed by atoms with E-state index in [1.165, 1.54) is 0 Å². The average Bonchev–Trinajstić information content (AvgIpc) is 2.51. The third kappa shape index (κ3) is 1.87. The molecule has 5 heteroatoms. The first kappa shape index (κ1) is 8.68. The highest BCUT2D eigenvalue weighted by Gasteiger charge is 1.99. The van der Waals surface area contributed by atoms with Gasteiger partial charge in [0, 0.05) is 31.2 Å². The van der Waals surface area contributed by atoms with Gasteiger partial charge >= 0.3 is 0 Å². The maximum atomic E-state index is 4.21. The van der Waals surface area contributed by atoms with Gasteiger partial charge in [0.1, 0.15) is 0 Å². The molecule has 14 heavy (non-hydrogen) atoms. The molecule has 0 fully saturated rings. The van der Waals surface area contributed by atoms with E-state index in [4.69, 9.17) is 0 Å². The van der Waals surface area contributed by atoms with Crippen LogP contribution in [0.15, 0.2) is 24.5 Å². The van der Waals surface area contributed by atoms with Crippen LogP contribution in [0.2, 0.25) is 0 Å². The summed E-state index contributed by atoms with van der Waals surface area (Å²) in [6.45, 7) is 1.92. The minimum atomic E-state index is 0.573. The molecule has 0 atom stereocenters. The van der Waals surface area contributed by atoms with Crippen molar-refractivity contribution in [3.8, 4) is 0 Å². The summed E-state index contributed by atoms with van der Waals surface area (Å²) in [5.41, 5.74) is 0.929. The summed E-state index contributed by atoms with van der Waals surface area (Å²) in [7, 11) is 1.86. The van der Waals surface area contributed by atoms with Crippen LogP contribution in [0.1, 0.15) is 5.69 Å². The van der Waals surface area contributed by atoms with Gasteiger partial charge in [0.15, 0.2) is 5.82 Å². The van der Waals surface area contributed by atoms with Gasteiger partial charge in [-0.2, -0.15) is 5.10 Å². The van der Waals surface area contributed by atoms with Crippen molar-refractivity contribution in [3.63, 3.8) is 0 Å². The van der Waals surface area contributed by atoms with E-state index < -0.39 is 0 Å². The maximum absolute atomic E-state index is 4.21. The largest absolute Gasteiger partial charge is 0.307 e. The zero-order chi connectivity index (χ0) is 9.97. The lowest BCUT2D eigenvalue weighted by Gasteiger charge is -2.00. The van der Waals surface area contributed by atoms with Gasteiger partial charge in [0.05, 0.1) is 0 Å². The minimum Gasteiger partial charge on any atom is -0.307 e. The highest BCUT2D eigenvalue weighted by atomic mass is 15.3. The quantitative estimate of drug-likeness (QED) is 0.772. The average molecular weight is 189 g/mol. The van der Waals surface area contributed by atoms with E-state index in [0.29, 0.717) is 5.95 Å². The molecule has 0 saturated carbocycles. The molecule has 0 saturated heterocycles.